The van der Waals surface area contributed by atoms with Gasteiger partial charge in [-0.3, -0.25) is 9.59 Å². The van der Waals surface area contributed by atoms with Gasteiger partial charge < -0.3 is 5.11 Å². The Morgan fingerprint density at radius 2 is 1.72 bits per heavy atom. The molecule has 0 aliphatic heterocycles. The molecule has 5 aliphatic carbocycles. The Balaban J connectivity index is 1.68. The minimum absolute atomic E-state index is 0.00602. The molecule has 0 saturated heterocycles. The predicted molar refractivity (Wildman–Crippen MR) is 141 cm³/mol. The van der Waals surface area contributed by atoms with Crippen LogP contribution < -0.4 is 0 Å². The lowest BCUT2D eigenvalue weighted by Crippen LogP contribution is -2.65. The Morgan fingerprint density at radius 3 is 2.33 bits per heavy atom. The third-order valence-corrected chi connectivity index (χ3v) is 13.1. The van der Waals surface area contributed by atoms with Gasteiger partial charge >= 0.3 is 5.97 Å². The van der Waals surface area contributed by atoms with Crippen molar-refractivity contribution in [3.05, 3.63) is 23.3 Å². The van der Waals surface area contributed by atoms with E-state index in [2.05, 4.69) is 66.7 Å². The van der Waals surface area contributed by atoms with Gasteiger partial charge in [0.1, 0.15) is 6.07 Å². The quantitative estimate of drug-likeness (QED) is 0.406. The largest absolute Gasteiger partial charge is 0.481 e. The number of rotatable bonds is 2. The average molecular weight is 492 g/mol. The molecule has 3 saturated carbocycles. The summed E-state index contributed by atoms with van der Waals surface area (Å²) in [6.07, 6.45) is 12.3. The summed E-state index contributed by atoms with van der Waals surface area (Å²) in [6, 6.07) is 2.24. The second kappa shape index (κ2) is 7.58. The second-order valence-electron chi connectivity index (χ2n) is 14.9. The predicted octanol–water partition coefficient (Wildman–Crippen LogP) is 7.50. The fraction of sp³-hybridized carbons (Fsp3) is 0.781. The second-order valence-corrected chi connectivity index (χ2v) is 14.9. The summed E-state index contributed by atoms with van der Waals surface area (Å²) < 4.78 is 0. The first-order chi connectivity index (χ1) is 16.6. The van der Waals surface area contributed by atoms with Crippen LogP contribution in [0.25, 0.3) is 0 Å². The lowest BCUT2D eigenvalue weighted by atomic mass is 9.32. The molecule has 0 aromatic heterocycles. The molecule has 2 unspecified atom stereocenters. The Hall–Kier alpha value is -1.89. The van der Waals surface area contributed by atoms with E-state index in [9.17, 15) is 20.0 Å². The number of carbonyl (C=O) groups excluding carboxylic acids is 1. The summed E-state index contributed by atoms with van der Waals surface area (Å²) in [5.41, 5.74) is 0.832. The molecule has 0 aromatic carbocycles. The lowest BCUT2D eigenvalue weighted by Gasteiger charge is -2.71. The maximum absolute atomic E-state index is 13.0. The summed E-state index contributed by atoms with van der Waals surface area (Å²) >= 11 is 0. The molecule has 36 heavy (non-hydrogen) atoms. The molecule has 7 atom stereocenters. The number of hydrogen-bond donors (Lipinski definition) is 1. The van der Waals surface area contributed by atoms with Crippen LogP contribution in [0.5, 0.6) is 0 Å². The van der Waals surface area contributed by atoms with Gasteiger partial charge in [0.05, 0.1) is 11.0 Å². The molecule has 0 aromatic rings. The highest BCUT2D eigenvalue weighted by atomic mass is 16.4. The van der Waals surface area contributed by atoms with Gasteiger partial charge in [0.2, 0.25) is 0 Å². The van der Waals surface area contributed by atoms with Crippen LogP contribution >= 0.6 is 0 Å². The van der Waals surface area contributed by atoms with E-state index in [-0.39, 0.29) is 38.8 Å². The third kappa shape index (κ3) is 2.92. The summed E-state index contributed by atoms with van der Waals surface area (Å²) in [5, 5.41) is 20.4. The maximum Gasteiger partial charge on any atom is 0.310 e. The van der Waals surface area contributed by atoms with Gasteiger partial charge in [-0.05, 0) is 96.2 Å². The number of allylic oxidation sites excluding steroid dienone is 4. The molecule has 0 heterocycles. The molecule has 5 aliphatic rings. The van der Waals surface area contributed by atoms with Gasteiger partial charge in [-0.1, -0.05) is 66.2 Å². The van der Waals surface area contributed by atoms with Crippen molar-refractivity contribution in [3.8, 4) is 6.07 Å². The van der Waals surface area contributed by atoms with Crippen molar-refractivity contribution in [2.45, 2.75) is 106 Å². The van der Waals surface area contributed by atoms with Gasteiger partial charge in [-0.2, -0.15) is 5.26 Å². The number of nitrogens with zero attached hydrogens (tertiary/aromatic N) is 1. The Bertz CT molecular complexity index is 1120. The number of carboxylic acids is 1. The number of aliphatic carboxylic acids is 1. The van der Waals surface area contributed by atoms with E-state index in [4.69, 9.17) is 0 Å². The van der Waals surface area contributed by atoms with Gasteiger partial charge in [-0.15, -0.1) is 0 Å². The van der Waals surface area contributed by atoms with Crippen LogP contribution in [0.1, 0.15) is 106 Å². The molecule has 0 amide bonds. The molecule has 5 rings (SSSR count). The number of nitriles is 1. The molecule has 4 heteroatoms. The molecule has 4 nitrogen and oxygen atoms in total. The number of Topliss-reactive ketones (excluding diaryl/α,β-unsaturated/α-hetero) is 1. The molecule has 196 valence electrons. The van der Waals surface area contributed by atoms with E-state index < -0.39 is 11.4 Å². The molecule has 1 N–H and O–H groups in total. The number of carbonyl (C=O) groups is 2. The Labute approximate surface area is 217 Å². The minimum atomic E-state index is -0.630. The lowest BCUT2D eigenvalue weighted by molar-refractivity contribution is -0.187. The van der Waals surface area contributed by atoms with E-state index in [1.807, 2.05) is 0 Å². The summed E-state index contributed by atoms with van der Waals surface area (Å²) in [4.78, 5) is 25.8. The van der Waals surface area contributed by atoms with Gasteiger partial charge in [0.25, 0.3) is 0 Å². The number of ketones is 1. The number of carboxylic acid groups (broad SMARTS) is 1. The molecular weight excluding hydrogens is 446 g/mol. The van der Waals surface area contributed by atoms with Crippen LogP contribution in [0, 0.1) is 61.6 Å². The first kappa shape index (κ1) is 25.7. The SMILES string of the molecule is CC(C)C12CC[C@]3(C)[C@H](CC=C4C5CC(C)(C)CC[C@]5(C(=O)O)CC[C@]43C)[C@@]1(C)C=C(C#N)C(=O)C2. The molecule has 0 bridgehead atoms. The smallest absolute Gasteiger partial charge is 0.310 e. The van der Waals surface area contributed by atoms with Crippen molar-refractivity contribution in [2.24, 2.45) is 50.2 Å². The van der Waals surface area contributed by atoms with Crippen molar-refractivity contribution < 1.29 is 14.7 Å². The molecule has 3 fully saturated rings. The van der Waals surface area contributed by atoms with Gasteiger partial charge in [-0.25, -0.2) is 0 Å². The average Bonchev–Trinajstić information content (AvgIpc) is 2.79. The van der Waals surface area contributed by atoms with Crippen LogP contribution in [-0.2, 0) is 9.59 Å². The summed E-state index contributed by atoms with van der Waals surface area (Å²) in [5.74, 6) is 0.174. The van der Waals surface area contributed by atoms with Crippen LogP contribution in [0.3, 0.4) is 0 Å². The fourth-order valence-electron chi connectivity index (χ4n) is 10.5. The monoisotopic (exact) mass is 491 g/mol. The highest BCUT2D eigenvalue weighted by Gasteiger charge is 2.70. The first-order valence-electron chi connectivity index (χ1n) is 14.2. The maximum atomic E-state index is 13.0. The molecule has 0 spiro atoms. The normalized spacial score (nSPS) is 47.4. The van der Waals surface area contributed by atoms with Crippen LogP contribution in [0.15, 0.2) is 23.3 Å². The Kier molecular flexibility index (Phi) is 5.42. The van der Waals surface area contributed by atoms with Crippen LogP contribution in [0.4, 0.5) is 0 Å². The zero-order valence-corrected chi connectivity index (χ0v) is 23.5. The topological polar surface area (TPSA) is 78.2 Å². The first-order valence-corrected chi connectivity index (χ1v) is 14.2. The number of fused-ring (bicyclic) bond motifs is 7. The van der Waals surface area contributed by atoms with Crippen molar-refractivity contribution >= 4 is 11.8 Å². The van der Waals surface area contributed by atoms with Crippen molar-refractivity contribution in [2.75, 3.05) is 0 Å². The standard InChI is InChI=1S/C32H45NO3/c1-20(2)32-15-12-29(6)25(30(32,7)16-21(19-33)24(34)18-32)9-8-22-23-17-27(3,4)10-13-31(23,26(35)36)14-11-28(22,29)5/h8,16,20,23,25H,9-15,17-18H2,1-7H3,(H,35,36)/t23?,25-,28+,29+,30+,31-,32?/m0/s1. The van der Waals surface area contributed by atoms with Crippen molar-refractivity contribution in [3.63, 3.8) is 0 Å². The van der Waals surface area contributed by atoms with Gasteiger partial charge in [0, 0.05) is 6.42 Å². The highest BCUT2D eigenvalue weighted by molar-refractivity contribution is 6.00. The van der Waals surface area contributed by atoms with E-state index in [0.29, 0.717) is 23.8 Å². The highest BCUT2D eigenvalue weighted by Crippen LogP contribution is 2.77. The summed E-state index contributed by atoms with van der Waals surface area (Å²) in [6.45, 7) is 16.4. The van der Waals surface area contributed by atoms with E-state index in [1.165, 1.54) is 5.57 Å². The van der Waals surface area contributed by atoms with Gasteiger partial charge in [0.15, 0.2) is 5.78 Å². The molecular formula is C32H45NO3. The van der Waals surface area contributed by atoms with E-state index in [1.54, 1.807) is 0 Å². The summed E-state index contributed by atoms with van der Waals surface area (Å²) in [7, 11) is 0. The van der Waals surface area contributed by atoms with E-state index >= 15 is 0 Å². The third-order valence-electron chi connectivity index (χ3n) is 13.1. The van der Waals surface area contributed by atoms with Crippen molar-refractivity contribution in [1.82, 2.24) is 0 Å². The number of hydrogen-bond acceptors (Lipinski definition) is 3. The zero-order chi connectivity index (χ0) is 26.5. The van der Waals surface area contributed by atoms with E-state index in [0.717, 1.165) is 51.4 Å². The van der Waals surface area contributed by atoms with Crippen LogP contribution in [-0.4, -0.2) is 16.9 Å². The minimum Gasteiger partial charge on any atom is -0.481 e. The zero-order valence-electron chi connectivity index (χ0n) is 23.5. The Morgan fingerprint density at radius 1 is 1.06 bits per heavy atom. The van der Waals surface area contributed by atoms with Crippen LogP contribution in [0.2, 0.25) is 0 Å². The van der Waals surface area contributed by atoms with Crippen molar-refractivity contribution in [1.29, 1.82) is 5.26 Å². The fourth-order valence-corrected chi connectivity index (χ4v) is 10.5. The molecule has 0 radical (unpaired) electrons.